The fourth-order valence-corrected chi connectivity index (χ4v) is 6.65. The fraction of sp³-hybridized carbons (Fsp3) is 0.297. The Morgan fingerprint density at radius 3 is 2.08 bits per heavy atom. The van der Waals surface area contributed by atoms with Gasteiger partial charge in [-0.1, -0.05) is 54.6 Å². The molecule has 4 aromatic rings. The summed E-state index contributed by atoms with van der Waals surface area (Å²) in [5.41, 5.74) is 1.97. The minimum Gasteiger partial charge on any atom is -0.493 e. The Morgan fingerprint density at radius 2 is 1.48 bits per heavy atom. The van der Waals surface area contributed by atoms with Crippen molar-refractivity contribution in [1.29, 1.82) is 0 Å². The number of amides is 2. The zero-order valence-corrected chi connectivity index (χ0v) is 28.9. The van der Waals surface area contributed by atoms with Gasteiger partial charge in [-0.15, -0.1) is 0 Å². The molecule has 9 nitrogen and oxygen atoms in total. The Morgan fingerprint density at radius 1 is 0.854 bits per heavy atom. The van der Waals surface area contributed by atoms with Crippen LogP contribution in [0.4, 0.5) is 10.1 Å². The van der Waals surface area contributed by atoms with Gasteiger partial charge in [0.1, 0.15) is 18.4 Å². The molecule has 0 bridgehead atoms. The zero-order valence-electron chi connectivity index (χ0n) is 28.1. The number of nitrogens with zero attached hydrogens (tertiary/aromatic N) is 2. The normalized spacial score (nSPS) is 12.1. The molecule has 0 aromatic heterocycles. The van der Waals surface area contributed by atoms with Crippen LogP contribution in [0.2, 0.25) is 0 Å². The third kappa shape index (κ3) is 8.92. The van der Waals surface area contributed by atoms with Crippen molar-refractivity contribution in [2.45, 2.75) is 57.1 Å². The van der Waals surface area contributed by atoms with Crippen LogP contribution in [0.5, 0.6) is 11.5 Å². The lowest BCUT2D eigenvalue weighted by molar-refractivity contribution is -0.140. The molecule has 0 aliphatic carbocycles. The van der Waals surface area contributed by atoms with E-state index < -0.39 is 39.9 Å². The van der Waals surface area contributed by atoms with Gasteiger partial charge in [-0.3, -0.25) is 13.9 Å². The summed E-state index contributed by atoms with van der Waals surface area (Å²) in [5.74, 6) is -1.09. The van der Waals surface area contributed by atoms with Gasteiger partial charge in [-0.25, -0.2) is 12.8 Å². The lowest BCUT2D eigenvalue weighted by atomic mass is 10.00. The Bertz CT molecular complexity index is 1830. The molecule has 0 fully saturated rings. The van der Waals surface area contributed by atoms with E-state index in [2.05, 4.69) is 5.32 Å². The summed E-state index contributed by atoms with van der Waals surface area (Å²) >= 11 is 0. The number of methoxy groups -OCH3 is 2. The molecule has 0 heterocycles. The predicted molar refractivity (Wildman–Crippen MR) is 184 cm³/mol. The van der Waals surface area contributed by atoms with E-state index in [1.807, 2.05) is 82.3 Å². The molecule has 4 rings (SSSR count). The summed E-state index contributed by atoms with van der Waals surface area (Å²) in [6.45, 7) is 6.82. The molecule has 0 aliphatic rings. The summed E-state index contributed by atoms with van der Waals surface area (Å²) in [5, 5.41) is 3.01. The quantitative estimate of drug-likeness (QED) is 0.189. The first-order valence-corrected chi connectivity index (χ1v) is 16.9. The minimum absolute atomic E-state index is 0.0359. The van der Waals surface area contributed by atoms with Crippen LogP contribution in [-0.2, 0) is 32.6 Å². The number of rotatable bonds is 13. The van der Waals surface area contributed by atoms with E-state index >= 15 is 0 Å². The lowest BCUT2D eigenvalue weighted by Gasteiger charge is -2.35. The average Bonchev–Trinajstić information content (AvgIpc) is 3.05. The highest BCUT2D eigenvalue weighted by Gasteiger charge is 2.36. The van der Waals surface area contributed by atoms with E-state index in [1.165, 1.54) is 49.5 Å². The predicted octanol–water partition coefficient (Wildman–Crippen LogP) is 5.90. The van der Waals surface area contributed by atoms with Gasteiger partial charge in [-0.2, -0.15) is 0 Å². The number of ether oxygens (including phenoxy) is 2. The van der Waals surface area contributed by atoms with Crippen LogP contribution < -0.4 is 19.1 Å². The number of carbonyl (C=O) groups is 2. The highest BCUT2D eigenvalue weighted by molar-refractivity contribution is 7.92. The van der Waals surface area contributed by atoms with Gasteiger partial charge in [-0.05, 0) is 80.8 Å². The van der Waals surface area contributed by atoms with E-state index in [-0.39, 0.29) is 35.2 Å². The van der Waals surface area contributed by atoms with Crippen molar-refractivity contribution in [3.63, 3.8) is 0 Å². The molecule has 4 aromatic carbocycles. The molecular formula is C37H42FN3O6S. The van der Waals surface area contributed by atoms with E-state index in [0.29, 0.717) is 5.75 Å². The zero-order chi connectivity index (χ0) is 35.1. The summed E-state index contributed by atoms with van der Waals surface area (Å²) in [7, 11) is -1.63. The lowest BCUT2D eigenvalue weighted by Crippen LogP contribution is -2.56. The highest BCUT2D eigenvalue weighted by atomic mass is 32.2. The van der Waals surface area contributed by atoms with Gasteiger partial charge in [0.2, 0.25) is 11.8 Å². The molecule has 1 N–H and O–H groups in total. The van der Waals surface area contributed by atoms with Crippen molar-refractivity contribution in [3.8, 4) is 11.5 Å². The largest absolute Gasteiger partial charge is 0.493 e. The second-order valence-corrected chi connectivity index (χ2v) is 14.3. The Labute approximate surface area is 282 Å². The fourth-order valence-electron chi connectivity index (χ4n) is 5.22. The molecule has 0 aliphatic heterocycles. The number of hydrogen-bond acceptors (Lipinski definition) is 6. The van der Waals surface area contributed by atoms with Crippen molar-refractivity contribution in [3.05, 3.63) is 120 Å². The van der Waals surface area contributed by atoms with Crippen LogP contribution in [0.1, 0.15) is 37.5 Å². The molecule has 0 spiro atoms. The molecule has 0 radical (unpaired) electrons. The molecule has 0 saturated carbocycles. The number of halogens is 1. The summed E-state index contributed by atoms with van der Waals surface area (Å²) < 4.78 is 54.2. The maximum atomic E-state index is 14.6. The van der Waals surface area contributed by atoms with Crippen LogP contribution >= 0.6 is 0 Å². The first-order valence-electron chi connectivity index (χ1n) is 15.4. The maximum Gasteiger partial charge on any atom is 0.264 e. The van der Waals surface area contributed by atoms with E-state index in [1.54, 1.807) is 0 Å². The van der Waals surface area contributed by atoms with Crippen molar-refractivity contribution in [1.82, 2.24) is 10.2 Å². The molecule has 11 heteroatoms. The van der Waals surface area contributed by atoms with Crippen LogP contribution in [0.25, 0.3) is 0 Å². The van der Waals surface area contributed by atoms with Gasteiger partial charge in [0.25, 0.3) is 10.0 Å². The molecule has 1 unspecified atom stereocenters. The van der Waals surface area contributed by atoms with Gasteiger partial charge >= 0.3 is 0 Å². The van der Waals surface area contributed by atoms with E-state index in [9.17, 15) is 22.4 Å². The molecule has 254 valence electrons. The number of benzene rings is 4. The Kier molecular flexibility index (Phi) is 11.5. The summed E-state index contributed by atoms with van der Waals surface area (Å²) in [6, 6.07) is 24.8. The summed E-state index contributed by atoms with van der Waals surface area (Å²) in [4.78, 5) is 29.9. The van der Waals surface area contributed by atoms with Crippen molar-refractivity contribution < 1.29 is 31.9 Å². The number of carbonyl (C=O) groups excluding carboxylic acids is 2. The van der Waals surface area contributed by atoms with Crippen LogP contribution in [0, 0.1) is 12.7 Å². The highest BCUT2D eigenvalue weighted by Crippen LogP contribution is 2.32. The van der Waals surface area contributed by atoms with Crippen LogP contribution in [0.3, 0.4) is 0 Å². The Hall–Kier alpha value is -4.90. The molecule has 1 atom stereocenters. The topological polar surface area (TPSA) is 105 Å². The molecule has 2 amide bonds. The number of nitrogens with one attached hydrogen (secondary N) is 1. The van der Waals surface area contributed by atoms with Crippen molar-refractivity contribution >= 4 is 27.5 Å². The van der Waals surface area contributed by atoms with Gasteiger partial charge in [0.05, 0.1) is 24.8 Å². The van der Waals surface area contributed by atoms with Gasteiger partial charge in [0.15, 0.2) is 11.5 Å². The average molecular weight is 676 g/mol. The molecule has 0 saturated heterocycles. The number of anilines is 1. The summed E-state index contributed by atoms with van der Waals surface area (Å²) in [6.07, 6.45) is 0.180. The first kappa shape index (κ1) is 35.9. The minimum atomic E-state index is -4.44. The third-order valence-corrected chi connectivity index (χ3v) is 9.48. The first-order chi connectivity index (χ1) is 22.7. The maximum absolute atomic E-state index is 14.6. The molecule has 48 heavy (non-hydrogen) atoms. The smallest absolute Gasteiger partial charge is 0.264 e. The van der Waals surface area contributed by atoms with Crippen molar-refractivity contribution in [2.24, 2.45) is 0 Å². The van der Waals surface area contributed by atoms with Crippen LogP contribution in [-0.4, -0.2) is 57.5 Å². The number of sulfonamides is 1. The SMILES string of the molecule is COc1ccc(S(=O)(=O)N(CC(=O)N(Cc2ccccc2C)C(Cc2ccccc2)C(=O)NC(C)(C)C)c2ccc(F)cc2)cc1OC. The Balaban J connectivity index is 1.85. The van der Waals surface area contributed by atoms with Gasteiger partial charge < -0.3 is 19.7 Å². The third-order valence-electron chi connectivity index (χ3n) is 7.71. The second kappa shape index (κ2) is 15.3. The second-order valence-electron chi connectivity index (χ2n) is 12.4. The van der Waals surface area contributed by atoms with E-state index in [0.717, 1.165) is 33.1 Å². The number of aryl methyl sites for hydroxylation is 1. The van der Waals surface area contributed by atoms with Crippen molar-refractivity contribution in [2.75, 3.05) is 25.1 Å². The molecular weight excluding hydrogens is 633 g/mol. The van der Waals surface area contributed by atoms with E-state index in [4.69, 9.17) is 9.47 Å². The number of hydrogen-bond donors (Lipinski definition) is 1. The van der Waals surface area contributed by atoms with Crippen LogP contribution in [0.15, 0.2) is 102 Å². The van der Waals surface area contributed by atoms with Gasteiger partial charge in [0, 0.05) is 24.6 Å². The monoisotopic (exact) mass is 675 g/mol. The standard InChI is InChI=1S/C37H42FN3O6S/c1-26-12-10-11-15-28(26)24-40(32(36(43)39-37(2,3)4)22-27-13-8-7-9-14-27)35(42)25-41(30-18-16-29(38)17-19-30)48(44,45)31-20-21-33(46-5)34(23-31)47-6/h7-21,23,32H,22,24-25H2,1-6H3,(H,39,43).